The zero-order valence-electron chi connectivity index (χ0n) is 16.7. The fourth-order valence-corrected chi connectivity index (χ4v) is 2.72. The second kappa shape index (κ2) is 12.1. The van der Waals surface area contributed by atoms with E-state index in [1.54, 1.807) is 12.4 Å². The van der Waals surface area contributed by atoms with Crippen LogP contribution in [-0.4, -0.2) is 52.6 Å². The minimum Gasteiger partial charge on any atom is -0.490 e. The molecule has 0 atom stereocenters. The number of pyridine rings is 1. The Morgan fingerprint density at radius 1 is 1.17 bits per heavy atom. The maximum atomic E-state index is 5.65. The number of nitrogens with one attached hydrogen (secondary N) is 2. The second-order valence-electron chi connectivity index (χ2n) is 6.24. The minimum atomic E-state index is 0. The predicted octanol–water partition coefficient (Wildman–Crippen LogP) is 3.57. The number of guanidine groups is 1. The Labute approximate surface area is 188 Å². The number of ether oxygens (including phenoxy) is 1. The first-order valence-electron chi connectivity index (χ1n) is 9.38. The maximum Gasteiger partial charge on any atom is 0.194 e. The standard InChI is InChI=1S/C21H26N6O.HI/c1-3-23-21(24-12-13-28-18-10-7-11-22-14-18)27(2)16-20-25-15-19(26-20)17-8-5-4-6-9-17;/h4-11,14-15H,3,12-13,16H2,1-2H3,(H,23,24)(H,25,26);1H. The zero-order valence-corrected chi connectivity index (χ0v) is 19.0. The van der Waals surface area contributed by atoms with Crippen molar-refractivity contribution in [2.24, 2.45) is 4.99 Å². The third-order valence-electron chi connectivity index (χ3n) is 4.05. The van der Waals surface area contributed by atoms with Crippen LogP contribution in [0, 0.1) is 0 Å². The lowest BCUT2D eigenvalue weighted by atomic mass is 10.2. The van der Waals surface area contributed by atoms with E-state index in [2.05, 4.69) is 44.3 Å². The lowest BCUT2D eigenvalue weighted by Crippen LogP contribution is -2.39. The molecule has 2 heterocycles. The van der Waals surface area contributed by atoms with Gasteiger partial charge in [0.2, 0.25) is 0 Å². The quantitative estimate of drug-likeness (QED) is 0.212. The van der Waals surface area contributed by atoms with Gasteiger partial charge in [0, 0.05) is 19.8 Å². The van der Waals surface area contributed by atoms with E-state index >= 15 is 0 Å². The highest BCUT2D eigenvalue weighted by atomic mass is 127. The zero-order chi connectivity index (χ0) is 19.6. The summed E-state index contributed by atoms with van der Waals surface area (Å²) in [5.41, 5.74) is 2.13. The molecule has 0 aliphatic heterocycles. The fraction of sp³-hybridized carbons (Fsp3) is 0.286. The average molecular weight is 506 g/mol. The van der Waals surface area contributed by atoms with Gasteiger partial charge in [-0.05, 0) is 24.6 Å². The van der Waals surface area contributed by atoms with Gasteiger partial charge in [-0.3, -0.25) is 4.98 Å². The number of imidazole rings is 1. The molecule has 3 rings (SSSR count). The molecule has 0 fully saturated rings. The van der Waals surface area contributed by atoms with Crippen LogP contribution in [0.2, 0.25) is 0 Å². The molecule has 0 aliphatic rings. The smallest absolute Gasteiger partial charge is 0.194 e. The summed E-state index contributed by atoms with van der Waals surface area (Å²) in [7, 11) is 1.99. The molecule has 7 nitrogen and oxygen atoms in total. The van der Waals surface area contributed by atoms with Crippen LogP contribution in [0.3, 0.4) is 0 Å². The molecule has 29 heavy (non-hydrogen) atoms. The van der Waals surface area contributed by atoms with Crippen molar-refractivity contribution in [2.75, 3.05) is 26.7 Å². The van der Waals surface area contributed by atoms with Crippen molar-refractivity contribution < 1.29 is 4.74 Å². The van der Waals surface area contributed by atoms with Crippen LogP contribution in [0.5, 0.6) is 5.75 Å². The van der Waals surface area contributed by atoms with Crippen molar-refractivity contribution in [3.8, 4) is 17.0 Å². The summed E-state index contributed by atoms with van der Waals surface area (Å²) in [5, 5.41) is 3.31. The van der Waals surface area contributed by atoms with Crippen LogP contribution in [0.25, 0.3) is 11.3 Å². The summed E-state index contributed by atoms with van der Waals surface area (Å²) in [5.74, 6) is 2.45. The highest BCUT2D eigenvalue weighted by molar-refractivity contribution is 14.0. The predicted molar refractivity (Wildman–Crippen MR) is 127 cm³/mol. The van der Waals surface area contributed by atoms with E-state index in [0.717, 1.165) is 35.3 Å². The van der Waals surface area contributed by atoms with Crippen molar-refractivity contribution in [1.82, 2.24) is 25.2 Å². The molecule has 0 radical (unpaired) electrons. The van der Waals surface area contributed by atoms with Gasteiger partial charge in [0.1, 0.15) is 18.2 Å². The number of rotatable bonds is 8. The van der Waals surface area contributed by atoms with E-state index < -0.39 is 0 Å². The lowest BCUT2D eigenvalue weighted by Gasteiger charge is -2.21. The van der Waals surface area contributed by atoms with Crippen molar-refractivity contribution >= 4 is 29.9 Å². The number of H-pyrrole nitrogens is 1. The molecular formula is C21H27IN6O. The monoisotopic (exact) mass is 506 g/mol. The molecule has 2 aromatic heterocycles. The van der Waals surface area contributed by atoms with E-state index in [1.165, 1.54) is 0 Å². The van der Waals surface area contributed by atoms with E-state index in [1.807, 2.05) is 48.5 Å². The van der Waals surface area contributed by atoms with E-state index in [9.17, 15) is 0 Å². The Morgan fingerprint density at radius 2 is 2.00 bits per heavy atom. The summed E-state index contributed by atoms with van der Waals surface area (Å²) in [4.78, 5) is 18.6. The Balaban J connectivity index is 0.00000300. The van der Waals surface area contributed by atoms with Gasteiger partial charge >= 0.3 is 0 Å². The van der Waals surface area contributed by atoms with Crippen LogP contribution in [-0.2, 0) is 6.54 Å². The Hall–Kier alpha value is -2.62. The summed E-state index contributed by atoms with van der Waals surface area (Å²) in [6.07, 6.45) is 5.29. The second-order valence-corrected chi connectivity index (χ2v) is 6.24. The highest BCUT2D eigenvalue weighted by Gasteiger charge is 2.09. The first-order valence-corrected chi connectivity index (χ1v) is 9.38. The van der Waals surface area contributed by atoms with E-state index in [0.29, 0.717) is 19.7 Å². The minimum absolute atomic E-state index is 0. The van der Waals surface area contributed by atoms with E-state index in [4.69, 9.17) is 4.74 Å². The van der Waals surface area contributed by atoms with Crippen LogP contribution in [0.4, 0.5) is 0 Å². The summed E-state index contributed by atoms with van der Waals surface area (Å²) in [6.45, 7) is 4.51. The van der Waals surface area contributed by atoms with Crippen molar-refractivity contribution in [3.63, 3.8) is 0 Å². The SMILES string of the molecule is CCNC(=NCCOc1cccnc1)N(C)Cc1ncc(-c2ccccc2)[nH]1.I. The van der Waals surface area contributed by atoms with Crippen molar-refractivity contribution in [2.45, 2.75) is 13.5 Å². The summed E-state index contributed by atoms with van der Waals surface area (Å²) in [6, 6.07) is 13.9. The highest BCUT2D eigenvalue weighted by Crippen LogP contribution is 2.16. The van der Waals surface area contributed by atoms with Crippen LogP contribution < -0.4 is 10.1 Å². The Kier molecular flexibility index (Phi) is 9.42. The normalized spacial score (nSPS) is 10.9. The number of nitrogens with zero attached hydrogens (tertiary/aromatic N) is 4. The van der Waals surface area contributed by atoms with Crippen molar-refractivity contribution in [3.05, 3.63) is 66.9 Å². The molecule has 0 bridgehead atoms. The van der Waals surface area contributed by atoms with Gasteiger partial charge in [-0.1, -0.05) is 30.3 Å². The molecule has 3 aromatic rings. The summed E-state index contributed by atoms with van der Waals surface area (Å²) >= 11 is 0. The molecule has 0 unspecified atom stereocenters. The van der Waals surface area contributed by atoms with Gasteiger partial charge in [-0.2, -0.15) is 0 Å². The number of aliphatic imine (C=N–C) groups is 1. The van der Waals surface area contributed by atoms with Gasteiger partial charge in [0.25, 0.3) is 0 Å². The molecule has 2 N–H and O–H groups in total. The molecule has 0 spiro atoms. The largest absolute Gasteiger partial charge is 0.490 e. The number of benzene rings is 1. The van der Waals surface area contributed by atoms with Gasteiger partial charge in [0.05, 0.1) is 31.2 Å². The average Bonchev–Trinajstić information content (AvgIpc) is 3.20. The third-order valence-corrected chi connectivity index (χ3v) is 4.05. The molecule has 0 saturated carbocycles. The number of hydrogen-bond acceptors (Lipinski definition) is 4. The number of hydrogen-bond donors (Lipinski definition) is 2. The molecule has 0 saturated heterocycles. The molecule has 0 amide bonds. The number of halogens is 1. The number of aromatic amines is 1. The maximum absolute atomic E-state index is 5.65. The third kappa shape index (κ3) is 7.04. The van der Waals surface area contributed by atoms with Gasteiger partial charge < -0.3 is 19.9 Å². The van der Waals surface area contributed by atoms with Gasteiger partial charge in [-0.25, -0.2) is 9.98 Å². The van der Waals surface area contributed by atoms with E-state index in [-0.39, 0.29) is 24.0 Å². The summed E-state index contributed by atoms with van der Waals surface area (Å²) < 4.78 is 5.65. The van der Waals surface area contributed by atoms with Crippen LogP contribution >= 0.6 is 24.0 Å². The van der Waals surface area contributed by atoms with Gasteiger partial charge in [-0.15, -0.1) is 24.0 Å². The molecule has 154 valence electrons. The molecule has 1 aromatic carbocycles. The van der Waals surface area contributed by atoms with Crippen molar-refractivity contribution in [1.29, 1.82) is 0 Å². The molecular weight excluding hydrogens is 479 g/mol. The van der Waals surface area contributed by atoms with Gasteiger partial charge in [0.15, 0.2) is 5.96 Å². The first kappa shape index (κ1) is 22.7. The molecule has 0 aliphatic carbocycles. The topological polar surface area (TPSA) is 78.4 Å². The lowest BCUT2D eigenvalue weighted by molar-refractivity contribution is 0.326. The fourth-order valence-electron chi connectivity index (χ4n) is 2.72. The first-order chi connectivity index (χ1) is 13.8. The number of aromatic nitrogens is 3. The molecule has 8 heteroatoms. The Bertz CT molecular complexity index is 869. The van der Waals surface area contributed by atoms with Crippen LogP contribution in [0.1, 0.15) is 12.7 Å². The van der Waals surface area contributed by atoms with Crippen LogP contribution in [0.15, 0.2) is 66.0 Å². The Morgan fingerprint density at radius 3 is 2.72 bits per heavy atom.